The molecule has 0 saturated carbocycles. The van der Waals surface area contributed by atoms with E-state index in [2.05, 4.69) is 50.4 Å². The van der Waals surface area contributed by atoms with Crippen LogP contribution in [0.2, 0.25) is 0 Å². The van der Waals surface area contributed by atoms with E-state index in [1.165, 1.54) is 10.4 Å². The van der Waals surface area contributed by atoms with E-state index in [1.807, 2.05) is 12.4 Å². The van der Waals surface area contributed by atoms with E-state index >= 15 is 0 Å². The van der Waals surface area contributed by atoms with Crippen molar-refractivity contribution in [1.82, 2.24) is 20.1 Å². The first-order chi connectivity index (χ1) is 13.6. The largest absolute Gasteiger partial charge is 0.352 e. The third-order valence-corrected chi connectivity index (χ3v) is 7.88. The van der Waals surface area contributed by atoms with Gasteiger partial charge in [0.05, 0.1) is 11.2 Å². The van der Waals surface area contributed by atoms with Crippen LogP contribution in [0.5, 0.6) is 0 Å². The van der Waals surface area contributed by atoms with Gasteiger partial charge in [0.2, 0.25) is 5.91 Å². The van der Waals surface area contributed by atoms with Gasteiger partial charge in [0.15, 0.2) is 0 Å². The average Bonchev–Trinajstić information content (AvgIpc) is 2.94. The summed E-state index contributed by atoms with van der Waals surface area (Å²) in [6.07, 6.45) is 1.33. The average molecular weight is 397 g/mol. The molecule has 1 aromatic carbocycles. The third kappa shape index (κ3) is 3.17. The van der Waals surface area contributed by atoms with E-state index < -0.39 is 0 Å². The molecule has 4 bridgehead atoms. The van der Waals surface area contributed by atoms with Crippen molar-refractivity contribution in [2.75, 3.05) is 39.3 Å². The van der Waals surface area contributed by atoms with Gasteiger partial charge in [-0.15, -0.1) is 11.3 Å². The van der Waals surface area contributed by atoms with Crippen LogP contribution in [0, 0.1) is 12.8 Å². The molecule has 2 aromatic rings. The standard InChI is InChI=1S/C22H28N4OS/c1-16-19(28-15-23-16)7-8-20(27)24-21-17-11-25-9-10-26(12-17)14-22(21,13-25)18-5-3-2-4-6-18/h2-6,15,17,21H,7-14H2,1H3,(H,24,27)/t17?,21-,22?/m1/s1. The second kappa shape index (κ2) is 7.25. The molecule has 4 saturated heterocycles. The summed E-state index contributed by atoms with van der Waals surface area (Å²) in [6, 6.07) is 11.1. The number of rotatable bonds is 5. The number of amides is 1. The van der Waals surface area contributed by atoms with Crippen LogP contribution in [-0.4, -0.2) is 66.0 Å². The summed E-state index contributed by atoms with van der Waals surface area (Å²) >= 11 is 1.65. The van der Waals surface area contributed by atoms with Crippen molar-refractivity contribution >= 4 is 17.2 Å². The van der Waals surface area contributed by atoms with E-state index in [-0.39, 0.29) is 17.4 Å². The molecule has 6 rings (SSSR count). The summed E-state index contributed by atoms with van der Waals surface area (Å²) in [6.45, 7) is 8.62. The Labute approximate surface area is 170 Å². The monoisotopic (exact) mass is 396 g/mol. The second-order valence-electron chi connectivity index (χ2n) is 8.66. The normalized spacial score (nSPS) is 33.6. The number of piperidine rings is 2. The van der Waals surface area contributed by atoms with Crippen molar-refractivity contribution in [2.24, 2.45) is 5.92 Å². The summed E-state index contributed by atoms with van der Waals surface area (Å²) in [5, 5.41) is 3.50. The Morgan fingerprint density at radius 3 is 2.57 bits per heavy atom. The highest BCUT2D eigenvalue weighted by molar-refractivity contribution is 7.09. The Morgan fingerprint density at radius 2 is 1.93 bits per heavy atom. The van der Waals surface area contributed by atoms with Crippen LogP contribution in [0.1, 0.15) is 22.6 Å². The van der Waals surface area contributed by atoms with Gasteiger partial charge < -0.3 is 15.1 Å². The zero-order valence-electron chi connectivity index (χ0n) is 16.4. The number of aromatic nitrogens is 1. The second-order valence-corrected chi connectivity index (χ2v) is 9.60. The maximum Gasteiger partial charge on any atom is 0.220 e. The molecule has 6 heteroatoms. The maximum atomic E-state index is 12.9. The zero-order chi connectivity index (χ0) is 19.1. The van der Waals surface area contributed by atoms with Crippen LogP contribution in [0.3, 0.4) is 0 Å². The molecule has 4 aliphatic heterocycles. The first-order valence-corrected chi connectivity index (χ1v) is 11.2. The Bertz CT molecular complexity index is 835. The summed E-state index contributed by atoms with van der Waals surface area (Å²) < 4.78 is 0. The number of nitrogens with zero attached hydrogens (tertiary/aromatic N) is 3. The molecule has 0 radical (unpaired) electrons. The van der Waals surface area contributed by atoms with Gasteiger partial charge >= 0.3 is 0 Å². The van der Waals surface area contributed by atoms with E-state index in [1.54, 1.807) is 11.3 Å². The van der Waals surface area contributed by atoms with Gasteiger partial charge in [-0.05, 0) is 18.9 Å². The number of aryl methyl sites for hydroxylation is 2. The lowest BCUT2D eigenvalue weighted by molar-refractivity contribution is -0.124. The first kappa shape index (κ1) is 18.3. The fourth-order valence-electron chi connectivity index (χ4n) is 5.61. The predicted molar refractivity (Wildman–Crippen MR) is 112 cm³/mol. The molecule has 148 valence electrons. The number of benzene rings is 1. The van der Waals surface area contributed by atoms with E-state index in [4.69, 9.17) is 0 Å². The van der Waals surface area contributed by atoms with Gasteiger partial charge in [-0.3, -0.25) is 4.79 Å². The lowest BCUT2D eigenvalue weighted by atomic mass is 9.64. The summed E-state index contributed by atoms with van der Waals surface area (Å²) in [7, 11) is 0. The summed E-state index contributed by atoms with van der Waals surface area (Å²) in [5.41, 5.74) is 4.30. The van der Waals surface area contributed by atoms with E-state index in [9.17, 15) is 4.79 Å². The van der Waals surface area contributed by atoms with Gasteiger partial charge in [-0.1, -0.05) is 30.3 Å². The molecule has 0 aliphatic carbocycles. The molecule has 1 amide bonds. The number of hydrogen-bond donors (Lipinski definition) is 1. The molecule has 0 spiro atoms. The quantitative estimate of drug-likeness (QED) is 0.841. The number of hydrogen-bond acceptors (Lipinski definition) is 5. The van der Waals surface area contributed by atoms with Gasteiger partial charge in [0.1, 0.15) is 0 Å². The van der Waals surface area contributed by atoms with Gasteiger partial charge in [0.25, 0.3) is 0 Å². The van der Waals surface area contributed by atoms with Gasteiger partial charge in [-0.25, -0.2) is 4.98 Å². The van der Waals surface area contributed by atoms with Crippen LogP contribution in [0.15, 0.2) is 35.8 Å². The van der Waals surface area contributed by atoms with Crippen molar-refractivity contribution < 1.29 is 4.79 Å². The fourth-order valence-corrected chi connectivity index (χ4v) is 6.39. The minimum Gasteiger partial charge on any atom is -0.352 e. The molecular weight excluding hydrogens is 368 g/mol. The smallest absolute Gasteiger partial charge is 0.220 e. The fraction of sp³-hybridized carbons (Fsp3) is 0.545. The topological polar surface area (TPSA) is 48.5 Å². The van der Waals surface area contributed by atoms with E-state index in [0.29, 0.717) is 12.3 Å². The number of thiazole rings is 1. The molecular formula is C22H28N4OS. The number of nitrogens with one attached hydrogen (secondary N) is 1. The molecule has 5 nitrogen and oxygen atoms in total. The number of fused-ring (bicyclic) bond motifs is 1. The van der Waals surface area contributed by atoms with Crippen LogP contribution in [-0.2, 0) is 16.6 Å². The molecule has 1 N–H and O–H groups in total. The SMILES string of the molecule is Cc1ncsc1CCC(=O)N[C@@H]1C2CN3CCN(C2)CC1(c1ccccc1)C3. The first-order valence-electron chi connectivity index (χ1n) is 10.3. The van der Waals surface area contributed by atoms with Crippen molar-refractivity contribution in [3.05, 3.63) is 52.0 Å². The lowest BCUT2D eigenvalue weighted by Gasteiger charge is -2.55. The van der Waals surface area contributed by atoms with Gasteiger partial charge in [0, 0.05) is 67.9 Å². The minimum atomic E-state index is -0.00497. The molecule has 1 aromatic heterocycles. The highest BCUT2D eigenvalue weighted by Gasteiger charge is 2.55. The highest BCUT2D eigenvalue weighted by Crippen LogP contribution is 2.43. The number of carbonyl (C=O) groups is 1. The highest BCUT2D eigenvalue weighted by atomic mass is 32.1. The Balaban J connectivity index is 1.39. The Hall–Kier alpha value is -1.76. The minimum absolute atomic E-state index is 0.00497. The van der Waals surface area contributed by atoms with Gasteiger partial charge in [-0.2, -0.15) is 0 Å². The summed E-state index contributed by atoms with van der Waals surface area (Å²) in [4.78, 5) is 23.7. The number of carbonyl (C=O) groups excluding carboxylic acids is 1. The van der Waals surface area contributed by atoms with Crippen LogP contribution in [0.25, 0.3) is 0 Å². The third-order valence-electron chi connectivity index (χ3n) is 6.89. The zero-order valence-corrected chi connectivity index (χ0v) is 17.3. The maximum absolute atomic E-state index is 12.9. The van der Waals surface area contributed by atoms with Crippen molar-refractivity contribution in [3.8, 4) is 0 Å². The molecule has 28 heavy (non-hydrogen) atoms. The lowest BCUT2D eigenvalue weighted by Crippen LogP contribution is -2.70. The van der Waals surface area contributed by atoms with Crippen LogP contribution >= 0.6 is 11.3 Å². The Morgan fingerprint density at radius 1 is 1.21 bits per heavy atom. The van der Waals surface area contributed by atoms with Crippen LogP contribution < -0.4 is 5.32 Å². The molecule has 4 aliphatic rings. The van der Waals surface area contributed by atoms with Crippen molar-refractivity contribution in [1.29, 1.82) is 0 Å². The molecule has 4 fully saturated rings. The molecule has 2 unspecified atom stereocenters. The Kier molecular flexibility index (Phi) is 4.73. The van der Waals surface area contributed by atoms with Crippen molar-refractivity contribution in [3.63, 3.8) is 0 Å². The van der Waals surface area contributed by atoms with Crippen molar-refractivity contribution in [2.45, 2.75) is 31.2 Å². The summed E-state index contributed by atoms with van der Waals surface area (Å²) in [5.74, 6) is 0.684. The molecule has 3 atom stereocenters. The van der Waals surface area contributed by atoms with E-state index in [0.717, 1.165) is 51.4 Å². The molecule has 5 heterocycles. The predicted octanol–water partition coefficient (Wildman–Crippen LogP) is 2.07. The van der Waals surface area contributed by atoms with Crippen LogP contribution in [0.4, 0.5) is 0 Å².